The van der Waals surface area contributed by atoms with E-state index in [2.05, 4.69) is 27.6 Å². The van der Waals surface area contributed by atoms with Gasteiger partial charge in [-0.2, -0.15) is 0 Å². The van der Waals surface area contributed by atoms with E-state index in [1.54, 1.807) is 51.6 Å². The predicted molar refractivity (Wildman–Crippen MR) is 108 cm³/mol. The number of benzene rings is 1. The first-order valence-electron chi connectivity index (χ1n) is 8.00. The molecule has 0 unspecified atom stereocenters. The van der Waals surface area contributed by atoms with Crippen LogP contribution in [0.4, 0.5) is 0 Å². The standard InChI is InChI=1S/C19H23IN2O4/c1-11-9-21-15(12(2)18(11)26-6)10-22(3)19(23)13-7-16(24-4)17(25-5)8-14(13)20/h7-9H,10H2,1-6H3. The molecule has 1 aromatic heterocycles. The maximum absolute atomic E-state index is 12.9. The Morgan fingerprint density at radius 2 is 1.73 bits per heavy atom. The van der Waals surface area contributed by atoms with Gasteiger partial charge in [-0.05, 0) is 48.6 Å². The molecule has 1 heterocycles. The summed E-state index contributed by atoms with van der Waals surface area (Å²) >= 11 is 2.13. The minimum atomic E-state index is -0.115. The number of hydrogen-bond donors (Lipinski definition) is 0. The molecule has 7 heteroatoms. The number of carbonyl (C=O) groups excluding carboxylic acids is 1. The Morgan fingerprint density at radius 3 is 2.31 bits per heavy atom. The maximum Gasteiger partial charge on any atom is 0.255 e. The third-order valence-corrected chi connectivity index (χ3v) is 5.08. The number of amides is 1. The first kappa shape index (κ1) is 20.3. The number of aryl methyl sites for hydroxylation is 1. The van der Waals surface area contributed by atoms with E-state index >= 15 is 0 Å². The van der Waals surface area contributed by atoms with Gasteiger partial charge in [-0.1, -0.05) is 0 Å². The van der Waals surface area contributed by atoms with Gasteiger partial charge in [0.1, 0.15) is 5.75 Å². The van der Waals surface area contributed by atoms with Crippen LogP contribution < -0.4 is 14.2 Å². The molecule has 0 saturated heterocycles. The van der Waals surface area contributed by atoms with Crippen LogP contribution in [0.1, 0.15) is 27.2 Å². The molecular weight excluding hydrogens is 447 g/mol. The molecule has 1 aromatic carbocycles. The van der Waals surface area contributed by atoms with Crippen molar-refractivity contribution in [2.45, 2.75) is 20.4 Å². The smallest absolute Gasteiger partial charge is 0.255 e. The van der Waals surface area contributed by atoms with Crippen LogP contribution in [0.25, 0.3) is 0 Å². The molecule has 26 heavy (non-hydrogen) atoms. The monoisotopic (exact) mass is 470 g/mol. The number of nitrogens with zero attached hydrogens (tertiary/aromatic N) is 2. The highest BCUT2D eigenvalue weighted by Crippen LogP contribution is 2.32. The van der Waals surface area contributed by atoms with E-state index in [1.165, 1.54) is 0 Å². The molecule has 140 valence electrons. The summed E-state index contributed by atoms with van der Waals surface area (Å²) < 4.78 is 16.8. The zero-order valence-electron chi connectivity index (χ0n) is 15.8. The van der Waals surface area contributed by atoms with E-state index in [0.717, 1.165) is 26.1 Å². The van der Waals surface area contributed by atoms with E-state index in [4.69, 9.17) is 14.2 Å². The Kier molecular flexibility index (Phi) is 6.69. The topological polar surface area (TPSA) is 60.9 Å². The average molecular weight is 470 g/mol. The quantitative estimate of drug-likeness (QED) is 0.604. The van der Waals surface area contributed by atoms with Crippen LogP contribution in [0.2, 0.25) is 0 Å². The lowest BCUT2D eigenvalue weighted by Crippen LogP contribution is -2.28. The van der Waals surface area contributed by atoms with Crippen molar-refractivity contribution < 1.29 is 19.0 Å². The fourth-order valence-electron chi connectivity index (χ4n) is 2.75. The van der Waals surface area contributed by atoms with Crippen molar-refractivity contribution in [3.05, 3.63) is 44.3 Å². The Bertz CT molecular complexity index is 824. The van der Waals surface area contributed by atoms with Crippen molar-refractivity contribution in [3.63, 3.8) is 0 Å². The molecule has 6 nitrogen and oxygen atoms in total. The van der Waals surface area contributed by atoms with Gasteiger partial charge in [-0.15, -0.1) is 0 Å². The molecule has 0 atom stereocenters. The summed E-state index contributed by atoms with van der Waals surface area (Å²) in [6.45, 7) is 4.28. The number of methoxy groups -OCH3 is 3. The fourth-order valence-corrected chi connectivity index (χ4v) is 3.42. The van der Waals surface area contributed by atoms with E-state index in [0.29, 0.717) is 23.6 Å². The minimum absolute atomic E-state index is 0.115. The number of hydrogen-bond acceptors (Lipinski definition) is 5. The zero-order chi connectivity index (χ0) is 19.4. The van der Waals surface area contributed by atoms with Crippen LogP contribution >= 0.6 is 22.6 Å². The highest BCUT2D eigenvalue weighted by atomic mass is 127. The Balaban J connectivity index is 2.31. The molecular formula is C19H23IN2O4. The van der Waals surface area contributed by atoms with Gasteiger partial charge >= 0.3 is 0 Å². The summed E-state index contributed by atoms with van der Waals surface area (Å²) in [4.78, 5) is 19.0. The molecule has 0 aliphatic heterocycles. The van der Waals surface area contributed by atoms with Gasteiger partial charge in [-0.3, -0.25) is 9.78 Å². The normalized spacial score (nSPS) is 10.4. The summed E-state index contributed by atoms with van der Waals surface area (Å²) in [5.41, 5.74) is 3.27. The van der Waals surface area contributed by atoms with Crippen molar-refractivity contribution in [1.29, 1.82) is 0 Å². The van der Waals surface area contributed by atoms with Gasteiger partial charge in [0.15, 0.2) is 11.5 Å². The minimum Gasteiger partial charge on any atom is -0.496 e. The molecule has 0 aliphatic carbocycles. The van der Waals surface area contributed by atoms with E-state index in [9.17, 15) is 4.79 Å². The van der Waals surface area contributed by atoms with Crippen LogP contribution in [-0.2, 0) is 6.54 Å². The van der Waals surface area contributed by atoms with Gasteiger partial charge in [0.25, 0.3) is 5.91 Å². The van der Waals surface area contributed by atoms with Crippen molar-refractivity contribution >= 4 is 28.5 Å². The number of halogens is 1. The average Bonchev–Trinajstić information content (AvgIpc) is 2.63. The second-order valence-corrected chi connectivity index (χ2v) is 7.06. The second kappa shape index (κ2) is 8.57. The van der Waals surface area contributed by atoms with Gasteiger partial charge in [-0.25, -0.2) is 0 Å². The summed E-state index contributed by atoms with van der Waals surface area (Å²) in [6, 6.07) is 3.49. The largest absolute Gasteiger partial charge is 0.496 e. The number of pyridine rings is 1. The SMILES string of the molecule is COc1cc(I)c(C(=O)N(C)Cc2ncc(C)c(OC)c2C)cc1OC. The van der Waals surface area contributed by atoms with E-state index < -0.39 is 0 Å². The molecule has 0 aliphatic rings. The molecule has 0 radical (unpaired) electrons. The lowest BCUT2D eigenvalue weighted by Gasteiger charge is -2.21. The van der Waals surface area contributed by atoms with Crippen LogP contribution in [0.3, 0.4) is 0 Å². The highest BCUT2D eigenvalue weighted by molar-refractivity contribution is 14.1. The molecule has 0 N–H and O–H groups in total. The predicted octanol–water partition coefficient (Wildman–Crippen LogP) is 3.60. The van der Waals surface area contributed by atoms with Gasteiger partial charge < -0.3 is 19.1 Å². The third kappa shape index (κ3) is 4.03. The molecule has 2 rings (SSSR count). The Morgan fingerprint density at radius 1 is 1.12 bits per heavy atom. The first-order chi connectivity index (χ1) is 12.3. The van der Waals surface area contributed by atoms with E-state index in [-0.39, 0.29) is 5.91 Å². The molecule has 2 aromatic rings. The van der Waals surface area contributed by atoms with Crippen molar-refractivity contribution in [2.75, 3.05) is 28.4 Å². The molecule has 1 amide bonds. The summed E-state index contributed by atoms with van der Waals surface area (Å²) in [6.07, 6.45) is 1.76. The van der Waals surface area contributed by atoms with Crippen molar-refractivity contribution in [3.8, 4) is 17.2 Å². The second-order valence-electron chi connectivity index (χ2n) is 5.89. The van der Waals surface area contributed by atoms with Crippen LogP contribution in [0.15, 0.2) is 18.3 Å². The first-order valence-corrected chi connectivity index (χ1v) is 9.07. The zero-order valence-corrected chi connectivity index (χ0v) is 18.0. The van der Waals surface area contributed by atoms with Crippen LogP contribution in [0.5, 0.6) is 17.2 Å². The van der Waals surface area contributed by atoms with Gasteiger partial charge in [0.2, 0.25) is 0 Å². The third-order valence-electron chi connectivity index (χ3n) is 4.19. The molecule has 0 spiro atoms. The molecule has 0 bridgehead atoms. The number of ether oxygens (including phenoxy) is 3. The molecule has 0 saturated carbocycles. The lowest BCUT2D eigenvalue weighted by molar-refractivity contribution is 0.0781. The summed E-state index contributed by atoms with van der Waals surface area (Å²) in [7, 11) is 6.51. The summed E-state index contributed by atoms with van der Waals surface area (Å²) in [5, 5.41) is 0. The number of aromatic nitrogens is 1. The number of carbonyl (C=O) groups is 1. The van der Waals surface area contributed by atoms with E-state index in [1.807, 2.05) is 13.8 Å². The fraction of sp³-hybridized carbons (Fsp3) is 0.368. The van der Waals surface area contributed by atoms with Crippen LogP contribution in [0, 0.1) is 17.4 Å². The van der Waals surface area contributed by atoms with Crippen molar-refractivity contribution in [1.82, 2.24) is 9.88 Å². The number of rotatable bonds is 6. The van der Waals surface area contributed by atoms with Gasteiger partial charge in [0, 0.05) is 27.9 Å². The maximum atomic E-state index is 12.9. The molecule has 0 fully saturated rings. The highest BCUT2D eigenvalue weighted by Gasteiger charge is 2.20. The van der Waals surface area contributed by atoms with Gasteiger partial charge in [0.05, 0.1) is 39.1 Å². The van der Waals surface area contributed by atoms with Crippen LogP contribution in [-0.4, -0.2) is 44.2 Å². The summed E-state index contributed by atoms with van der Waals surface area (Å²) in [5.74, 6) is 1.81. The Labute approximate surface area is 167 Å². The van der Waals surface area contributed by atoms with Crippen molar-refractivity contribution in [2.24, 2.45) is 0 Å². The lowest BCUT2D eigenvalue weighted by atomic mass is 10.1. The Hall–Kier alpha value is -2.03.